The van der Waals surface area contributed by atoms with Crippen LogP contribution in [0.25, 0.3) is 11.1 Å². The van der Waals surface area contributed by atoms with E-state index in [9.17, 15) is 29.9 Å². The Bertz CT molecular complexity index is 949. The molecule has 0 heterocycles. The van der Waals surface area contributed by atoms with E-state index < -0.39 is 22.3 Å². The van der Waals surface area contributed by atoms with Crippen molar-refractivity contribution in [2.75, 3.05) is 0 Å². The molecule has 0 aliphatic heterocycles. The maximum atomic E-state index is 12.2. The highest BCUT2D eigenvalue weighted by atomic mass is 16.6. The van der Waals surface area contributed by atoms with Crippen molar-refractivity contribution in [2.24, 2.45) is 0 Å². The third kappa shape index (κ3) is 2.00. The van der Waals surface area contributed by atoms with Gasteiger partial charge in [0.2, 0.25) is 5.41 Å². The van der Waals surface area contributed by atoms with Gasteiger partial charge in [-0.2, -0.15) is 0 Å². The van der Waals surface area contributed by atoms with Crippen LogP contribution in [-0.2, 0) is 27.8 Å². The van der Waals surface area contributed by atoms with Crippen LogP contribution in [0.2, 0.25) is 0 Å². The number of nitro groups is 1. The maximum Gasteiger partial charge on any atom is 0.330 e. The SMILES string of the molecule is CCc1cc2c(c(CC)c1[N+](=O)[O-])C(C(=O)O)(C(=O)O)c1ccccc1-2. The van der Waals surface area contributed by atoms with Crippen molar-refractivity contribution in [2.45, 2.75) is 32.1 Å². The first-order valence-corrected chi connectivity index (χ1v) is 8.22. The summed E-state index contributed by atoms with van der Waals surface area (Å²) in [6, 6.07) is 7.97. The first kappa shape index (κ1) is 17.6. The Morgan fingerprint density at radius 1 is 1.08 bits per heavy atom. The van der Waals surface area contributed by atoms with Crippen LogP contribution < -0.4 is 0 Å². The highest BCUT2D eigenvalue weighted by Crippen LogP contribution is 2.53. The van der Waals surface area contributed by atoms with E-state index >= 15 is 0 Å². The molecular formula is C19H17NO6. The molecule has 2 aromatic carbocycles. The summed E-state index contributed by atoms with van der Waals surface area (Å²) in [6.45, 7) is 3.44. The van der Waals surface area contributed by atoms with Gasteiger partial charge in [-0.15, -0.1) is 0 Å². The zero-order valence-electron chi connectivity index (χ0n) is 14.3. The highest BCUT2D eigenvalue weighted by molar-refractivity contribution is 6.15. The fourth-order valence-electron chi connectivity index (χ4n) is 3.99. The van der Waals surface area contributed by atoms with Gasteiger partial charge < -0.3 is 10.2 Å². The lowest BCUT2D eigenvalue weighted by Crippen LogP contribution is -2.44. The van der Waals surface area contributed by atoms with Gasteiger partial charge in [-0.1, -0.05) is 38.1 Å². The highest BCUT2D eigenvalue weighted by Gasteiger charge is 2.58. The van der Waals surface area contributed by atoms with Gasteiger partial charge in [0, 0.05) is 16.7 Å². The number of carboxylic acids is 2. The van der Waals surface area contributed by atoms with Gasteiger partial charge >= 0.3 is 11.9 Å². The van der Waals surface area contributed by atoms with E-state index in [1.54, 1.807) is 38.1 Å². The predicted octanol–water partition coefficient (Wildman–Crippen LogP) is 3.16. The average molecular weight is 355 g/mol. The molecule has 1 aliphatic carbocycles. The van der Waals surface area contributed by atoms with Crippen LogP contribution >= 0.6 is 0 Å². The summed E-state index contributed by atoms with van der Waals surface area (Å²) in [5.41, 5.74) is -0.826. The van der Waals surface area contributed by atoms with Crippen LogP contribution in [0.5, 0.6) is 0 Å². The Balaban J connectivity index is 2.60. The van der Waals surface area contributed by atoms with Crippen molar-refractivity contribution in [3.05, 3.63) is 62.7 Å². The van der Waals surface area contributed by atoms with Crippen LogP contribution in [0.3, 0.4) is 0 Å². The van der Waals surface area contributed by atoms with Crippen molar-refractivity contribution >= 4 is 17.6 Å². The molecule has 7 nitrogen and oxygen atoms in total. The number of rotatable bonds is 5. The van der Waals surface area contributed by atoms with E-state index in [1.165, 1.54) is 6.07 Å². The topological polar surface area (TPSA) is 118 Å². The van der Waals surface area contributed by atoms with Gasteiger partial charge in [0.25, 0.3) is 5.69 Å². The summed E-state index contributed by atoms with van der Waals surface area (Å²) in [7, 11) is 0. The number of nitro benzene ring substituents is 1. The Labute approximate surface area is 149 Å². The van der Waals surface area contributed by atoms with Crippen molar-refractivity contribution in [3.8, 4) is 11.1 Å². The van der Waals surface area contributed by atoms with E-state index in [1.807, 2.05) is 0 Å². The summed E-state index contributed by atoms with van der Waals surface area (Å²) in [4.78, 5) is 35.6. The number of aryl methyl sites for hydroxylation is 1. The first-order chi connectivity index (χ1) is 12.3. The molecule has 7 heteroatoms. The van der Waals surface area contributed by atoms with Crippen molar-refractivity contribution in [1.29, 1.82) is 0 Å². The number of hydrogen-bond acceptors (Lipinski definition) is 4. The molecule has 2 N–H and O–H groups in total. The molecule has 0 saturated carbocycles. The Kier molecular flexibility index (Phi) is 4.02. The molecule has 3 rings (SSSR count). The molecule has 0 aromatic heterocycles. The zero-order chi connectivity index (χ0) is 19.2. The van der Waals surface area contributed by atoms with E-state index in [2.05, 4.69) is 0 Å². The third-order valence-corrected chi connectivity index (χ3v) is 5.03. The smallest absolute Gasteiger partial charge is 0.330 e. The summed E-state index contributed by atoms with van der Waals surface area (Å²) in [5.74, 6) is -3.10. The number of carbonyl (C=O) groups is 2. The second-order valence-corrected chi connectivity index (χ2v) is 6.16. The molecule has 1 aliphatic rings. The number of nitrogens with zero attached hydrogens (tertiary/aromatic N) is 1. The molecule has 0 unspecified atom stereocenters. The fraction of sp³-hybridized carbons (Fsp3) is 0.263. The first-order valence-electron chi connectivity index (χ1n) is 8.22. The van der Waals surface area contributed by atoms with E-state index in [0.717, 1.165) is 0 Å². The fourth-order valence-corrected chi connectivity index (χ4v) is 3.99. The molecule has 2 aromatic rings. The van der Waals surface area contributed by atoms with E-state index in [-0.39, 0.29) is 28.8 Å². The molecule has 0 spiro atoms. The lowest BCUT2D eigenvalue weighted by atomic mass is 9.75. The molecule has 0 fully saturated rings. The minimum atomic E-state index is -2.35. The molecule has 0 saturated heterocycles. The molecular weight excluding hydrogens is 338 g/mol. The zero-order valence-corrected chi connectivity index (χ0v) is 14.3. The Morgan fingerprint density at radius 2 is 1.69 bits per heavy atom. The lowest BCUT2D eigenvalue weighted by Gasteiger charge is -2.24. The van der Waals surface area contributed by atoms with Crippen LogP contribution in [0.1, 0.15) is 36.1 Å². The number of benzene rings is 2. The summed E-state index contributed by atoms with van der Waals surface area (Å²) in [5, 5.41) is 31.6. The van der Waals surface area contributed by atoms with Gasteiger partial charge in [0.1, 0.15) is 0 Å². The molecule has 0 amide bonds. The minimum absolute atomic E-state index is 0.00472. The van der Waals surface area contributed by atoms with Crippen LogP contribution in [0, 0.1) is 10.1 Å². The van der Waals surface area contributed by atoms with E-state index in [4.69, 9.17) is 0 Å². The second kappa shape index (κ2) is 5.94. The van der Waals surface area contributed by atoms with Crippen LogP contribution in [-0.4, -0.2) is 27.1 Å². The number of aliphatic carboxylic acids is 2. The molecule has 26 heavy (non-hydrogen) atoms. The summed E-state index contributed by atoms with van der Waals surface area (Å²) >= 11 is 0. The summed E-state index contributed by atoms with van der Waals surface area (Å²) < 4.78 is 0. The molecule has 134 valence electrons. The Morgan fingerprint density at radius 3 is 2.19 bits per heavy atom. The van der Waals surface area contributed by atoms with Crippen molar-refractivity contribution in [3.63, 3.8) is 0 Å². The molecule has 0 atom stereocenters. The lowest BCUT2D eigenvalue weighted by molar-refractivity contribution is -0.386. The van der Waals surface area contributed by atoms with Crippen LogP contribution in [0.15, 0.2) is 30.3 Å². The van der Waals surface area contributed by atoms with Crippen molar-refractivity contribution in [1.82, 2.24) is 0 Å². The van der Waals surface area contributed by atoms with Gasteiger partial charge in [0.05, 0.1) is 4.92 Å². The number of hydrogen-bond donors (Lipinski definition) is 2. The largest absolute Gasteiger partial charge is 0.480 e. The van der Waals surface area contributed by atoms with Crippen LogP contribution in [0.4, 0.5) is 5.69 Å². The number of carboxylic acid groups (broad SMARTS) is 2. The third-order valence-electron chi connectivity index (χ3n) is 5.03. The van der Waals surface area contributed by atoms with Crippen molar-refractivity contribution < 1.29 is 24.7 Å². The molecule has 0 bridgehead atoms. The standard InChI is InChI=1S/C19H17NO6/c1-3-10-9-13-12-7-5-6-8-14(12)19(17(21)22,18(23)24)15(13)11(4-2)16(10)20(25)26/h5-9H,3-4H2,1-2H3,(H,21,22)(H,23,24). The van der Waals surface area contributed by atoms with E-state index in [0.29, 0.717) is 23.1 Å². The molecule has 0 radical (unpaired) electrons. The van der Waals surface area contributed by atoms with Gasteiger partial charge in [0.15, 0.2) is 0 Å². The quantitative estimate of drug-likeness (QED) is 0.483. The normalized spacial score (nSPS) is 13.8. The monoisotopic (exact) mass is 355 g/mol. The van der Waals surface area contributed by atoms with Gasteiger partial charge in [-0.05, 0) is 35.6 Å². The second-order valence-electron chi connectivity index (χ2n) is 6.16. The van der Waals surface area contributed by atoms with Gasteiger partial charge in [-0.3, -0.25) is 19.7 Å². The predicted molar refractivity (Wildman–Crippen MR) is 93.3 cm³/mol. The Hall–Kier alpha value is -3.22. The van der Waals surface area contributed by atoms with Gasteiger partial charge in [-0.25, -0.2) is 0 Å². The summed E-state index contributed by atoms with van der Waals surface area (Å²) in [6.07, 6.45) is 0.536. The average Bonchev–Trinajstić information content (AvgIpc) is 2.91. The number of fused-ring (bicyclic) bond motifs is 3. The maximum absolute atomic E-state index is 12.2. The minimum Gasteiger partial charge on any atom is -0.480 e.